The summed E-state index contributed by atoms with van der Waals surface area (Å²) in [6.07, 6.45) is -0.895. The molecule has 0 unspecified atom stereocenters. The molecule has 16 heteroatoms. The third kappa shape index (κ3) is 6.84. The van der Waals surface area contributed by atoms with Crippen molar-refractivity contribution in [3.05, 3.63) is 68.5 Å². The van der Waals surface area contributed by atoms with Crippen molar-refractivity contribution in [3.63, 3.8) is 0 Å². The van der Waals surface area contributed by atoms with Crippen LogP contribution in [0.15, 0.2) is 41.0 Å². The molecule has 1 saturated heterocycles. The Bertz CT molecular complexity index is 1570. The highest BCUT2D eigenvalue weighted by Gasteiger charge is 2.31. The first-order chi connectivity index (χ1) is 19.5. The van der Waals surface area contributed by atoms with Gasteiger partial charge >= 0.3 is 10.1 Å². The van der Waals surface area contributed by atoms with Gasteiger partial charge in [-0.2, -0.15) is 13.5 Å². The second-order valence-corrected chi connectivity index (χ2v) is 12.4. The van der Waals surface area contributed by atoms with Crippen molar-refractivity contribution in [1.29, 1.82) is 0 Å². The summed E-state index contributed by atoms with van der Waals surface area (Å²) >= 11 is 7.84. The number of oxime groups is 1. The molecular formula is C25H24ClF4N5O4S2. The van der Waals surface area contributed by atoms with Gasteiger partial charge in [-0.15, -0.1) is 11.3 Å². The molecule has 1 fully saturated rings. The van der Waals surface area contributed by atoms with E-state index in [9.17, 15) is 26.0 Å². The van der Waals surface area contributed by atoms with E-state index in [1.165, 1.54) is 23.6 Å². The zero-order valence-electron chi connectivity index (χ0n) is 21.5. The molecule has 0 saturated carbocycles. The molecule has 0 spiro atoms. The lowest BCUT2D eigenvalue weighted by atomic mass is 9.98. The zero-order chi connectivity index (χ0) is 29.3. The van der Waals surface area contributed by atoms with Crippen molar-refractivity contribution in [1.82, 2.24) is 19.7 Å². The first-order valence-corrected chi connectivity index (χ1v) is 15.5. The molecule has 5 rings (SSSR count). The lowest BCUT2D eigenvalue weighted by Crippen LogP contribution is -2.28. The summed E-state index contributed by atoms with van der Waals surface area (Å²) in [5, 5.41) is 10.8. The number of likely N-dealkylation sites (tertiary alicyclic amines) is 1. The number of benzene rings is 1. The van der Waals surface area contributed by atoms with Crippen LogP contribution in [0.3, 0.4) is 0 Å². The topological polar surface area (TPSA) is 98.9 Å². The molecule has 41 heavy (non-hydrogen) atoms. The molecule has 3 aromatic rings. The average Bonchev–Trinajstić information content (AvgIpc) is 3.66. The van der Waals surface area contributed by atoms with Gasteiger partial charge in [0.15, 0.2) is 11.9 Å². The fourth-order valence-corrected chi connectivity index (χ4v) is 6.39. The molecule has 1 atom stereocenters. The minimum Gasteiger partial charge on any atom is -0.387 e. The van der Waals surface area contributed by atoms with E-state index < -0.39 is 40.5 Å². The van der Waals surface area contributed by atoms with Gasteiger partial charge < -0.3 is 13.9 Å². The van der Waals surface area contributed by atoms with Gasteiger partial charge in [-0.1, -0.05) is 22.8 Å². The maximum Gasteiger partial charge on any atom is 0.306 e. The molecule has 0 aliphatic carbocycles. The smallest absolute Gasteiger partial charge is 0.306 e. The minimum atomic E-state index is -3.78. The number of nitrogens with zero attached hydrogens (tertiary/aromatic N) is 5. The number of thiazole rings is 1. The van der Waals surface area contributed by atoms with E-state index in [0.717, 1.165) is 28.8 Å². The first kappa shape index (κ1) is 29.3. The summed E-state index contributed by atoms with van der Waals surface area (Å²) in [6.45, 7) is 1.23. The van der Waals surface area contributed by atoms with Crippen molar-refractivity contribution in [2.75, 3.05) is 19.3 Å². The Kier molecular flexibility index (Phi) is 8.57. The van der Waals surface area contributed by atoms with E-state index in [4.69, 9.17) is 25.6 Å². The largest absolute Gasteiger partial charge is 0.387 e. The Labute approximate surface area is 242 Å². The molecule has 0 N–H and O–H groups in total. The molecule has 2 aliphatic rings. The van der Waals surface area contributed by atoms with Crippen LogP contribution in [0.1, 0.15) is 71.8 Å². The zero-order valence-corrected chi connectivity index (χ0v) is 23.9. The maximum atomic E-state index is 13.2. The first-order valence-electron chi connectivity index (χ1n) is 12.4. The Morgan fingerprint density at radius 2 is 1.93 bits per heavy atom. The van der Waals surface area contributed by atoms with Crippen LogP contribution in [0.2, 0.25) is 5.02 Å². The van der Waals surface area contributed by atoms with E-state index in [-0.39, 0.29) is 11.7 Å². The predicted molar refractivity (Wildman–Crippen MR) is 145 cm³/mol. The van der Waals surface area contributed by atoms with E-state index in [1.807, 2.05) is 10.3 Å². The van der Waals surface area contributed by atoms with Gasteiger partial charge in [-0.25, -0.2) is 27.2 Å². The fourth-order valence-electron chi connectivity index (χ4n) is 4.63. The molecule has 1 aromatic carbocycles. The number of hydrogen-bond acceptors (Lipinski definition) is 9. The molecule has 2 aromatic heterocycles. The van der Waals surface area contributed by atoms with Crippen LogP contribution in [0.5, 0.6) is 5.75 Å². The van der Waals surface area contributed by atoms with Crippen molar-refractivity contribution >= 4 is 45.0 Å². The fraction of sp³-hybridized carbons (Fsp3) is 0.400. The van der Waals surface area contributed by atoms with Crippen LogP contribution in [0, 0.1) is 0 Å². The highest BCUT2D eigenvalue weighted by atomic mass is 35.5. The number of halogens is 5. The molecule has 2 aliphatic heterocycles. The monoisotopic (exact) mass is 633 g/mol. The van der Waals surface area contributed by atoms with Gasteiger partial charge in [0.25, 0.3) is 12.9 Å². The Balaban J connectivity index is 1.20. The van der Waals surface area contributed by atoms with Gasteiger partial charge in [-0.3, -0.25) is 0 Å². The van der Waals surface area contributed by atoms with Gasteiger partial charge in [0.2, 0.25) is 0 Å². The summed E-state index contributed by atoms with van der Waals surface area (Å²) in [5.41, 5.74) is 0.356. The summed E-state index contributed by atoms with van der Waals surface area (Å²) in [5.74, 6) is 0.246. The van der Waals surface area contributed by atoms with Crippen LogP contribution in [0.4, 0.5) is 17.6 Å². The number of rotatable bonds is 9. The molecule has 0 amide bonds. The standard InChI is InChI=1S/C25H24ClF4N5O4S2/c1-41(36,37)39-20-4-2-3-15(26)22(20)21-12-16(33-38-21)18-13-40-25(31-18)14-5-7-34(8-6-14)9-10-35-19(24(29)30)11-17(32-35)23(27)28/h2-4,9-11,13-14,21,23-24H,5-8,12H2,1H3/t21-/m0/s1. The van der Waals surface area contributed by atoms with E-state index in [2.05, 4.69) is 10.3 Å². The van der Waals surface area contributed by atoms with Crippen molar-refractivity contribution < 1.29 is 35.0 Å². The maximum absolute atomic E-state index is 13.2. The molecule has 220 valence electrons. The van der Waals surface area contributed by atoms with E-state index in [1.54, 1.807) is 18.3 Å². The molecule has 9 nitrogen and oxygen atoms in total. The average molecular weight is 634 g/mol. The van der Waals surface area contributed by atoms with Crippen LogP contribution in [0.25, 0.3) is 6.20 Å². The number of hydrogen-bond donors (Lipinski definition) is 0. The van der Waals surface area contributed by atoms with Crippen LogP contribution in [-0.2, 0) is 15.0 Å². The van der Waals surface area contributed by atoms with E-state index >= 15 is 0 Å². The Morgan fingerprint density at radius 3 is 2.61 bits per heavy atom. The quantitative estimate of drug-likeness (QED) is 0.199. The normalized spacial score (nSPS) is 18.5. The van der Waals surface area contributed by atoms with Crippen molar-refractivity contribution in [3.8, 4) is 5.75 Å². The van der Waals surface area contributed by atoms with Gasteiger partial charge in [0.05, 0.1) is 27.5 Å². The van der Waals surface area contributed by atoms with Gasteiger partial charge in [0, 0.05) is 43.2 Å². The second kappa shape index (κ2) is 12.0. The molecular weight excluding hydrogens is 610 g/mol. The number of piperidine rings is 1. The highest BCUT2D eigenvalue weighted by Crippen LogP contribution is 2.40. The number of alkyl halides is 4. The SMILES string of the molecule is CS(=O)(=O)Oc1cccc(Cl)c1[C@@H]1CC(c2csc(C3CCN(C=Cn4nc(C(F)F)cc4C(F)F)CC3)n2)=NO1. The van der Waals surface area contributed by atoms with Gasteiger partial charge in [-0.05, 0) is 31.0 Å². The highest BCUT2D eigenvalue weighted by molar-refractivity contribution is 7.86. The Hall–Kier alpha value is -3.17. The summed E-state index contributed by atoms with van der Waals surface area (Å²) < 4.78 is 81.5. The third-order valence-electron chi connectivity index (χ3n) is 6.59. The third-order valence-corrected chi connectivity index (χ3v) is 8.41. The van der Waals surface area contributed by atoms with E-state index in [0.29, 0.717) is 47.6 Å². The van der Waals surface area contributed by atoms with Crippen LogP contribution < -0.4 is 4.18 Å². The lowest BCUT2D eigenvalue weighted by Gasteiger charge is -2.30. The lowest BCUT2D eigenvalue weighted by molar-refractivity contribution is 0.0846. The minimum absolute atomic E-state index is 0.0775. The molecule has 0 radical (unpaired) electrons. The molecule has 4 heterocycles. The summed E-state index contributed by atoms with van der Waals surface area (Å²) in [6, 6.07) is 5.41. The predicted octanol–water partition coefficient (Wildman–Crippen LogP) is 6.38. The summed E-state index contributed by atoms with van der Waals surface area (Å²) in [7, 11) is -3.78. The van der Waals surface area contributed by atoms with Crippen molar-refractivity contribution in [2.45, 2.75) is 44.1 Å². The van der Waals surface area contributed by atoms with Crippen molar-refractivity contribution in [2.24, 2.45) is 5.16 Å². The van der Waals surface area contributed by atoms with Gasteiger partial charge in [0.1, 0.15) is 17.1 Å². The van der Waals surface area contributed by atoms with Crippen LogP contribution in [-0.4, -0.2) is 53.1 Å². The summed E-state index contributed by atoms with van der Waals surface area (Å²) in [4.78, 5) is 12.3. The molecule has 0 bridgehead atoms. The second-order valence-electron chi connectivity index (χ2n) is 9.49. The number of aromatic nitrogens is 3. The van der Waals surface area contributed by atoms with Crippen LogP contribution >= 0.6 is 22.9 Å². The Morgan fingerprint density at radius 1 is 1.17 bits per heavy atom.